The molecule has 3 heterocycles. The van der Waals surface area contributed by atoms with E-state index in [1.165, 1.54) is 0 Å². The number of carbonyl (C=O) groups excluding carboxylic acids is 2. The van der Waals surface area contributed by atoms with Crippen molar-refractivity contribution in [3.8, 4) is 0 Å². The molecule has 1 atom stereocenters. The number of carboxylic acids is 1. The summed E-state index contributed by atoms with van der Waals surface area (Å²) in [4.78, 5) is 43.8. The zero-order valence-electron chi connectivity index (χ0n) is 19.2. The Hall–Kier alpha value is -4.21. The molecule has 5 rings (SSSR count). The molecular formula is C25H26N6O4. The monoisotopic (exact) mass is 474 g/mol. The summed E-state index contributed by atoms with van der Waals surface area (Å²) < 4.78 is 0. The van der Waals surface area contributed by atoms with Crippen LogP contribution in [-0.2, 0) is 16.0 Å². The van der Waals surface area contributed by atoms with Gasteiger partial charge in [0.15, 0.2) is 0 Å². The second kappa shape index (κ2) is 8.86. The van der Waals surface area contributed by atoms with Crippen LogP contribution in [0.3, 0.4) is 0 Å². The van der Waals surface area contributed by atoms with E-state index in [2.05, 4.69) is 20.8 Å². The fraction of sp³-hybridized carbons (Fsp3) is 0.320. The Morgan fingerprint density at radius 1 is 1.20 bits per heavy atom. The van der Waals surface area contributed by atoms with Crippen molar-refractivity contribution in [2.45, 2.75) is 37.8 Å². The van der Waals surface area contributed by atoms with Crippen molar-refractivity contribution in [3.63, 3.8) is 0 Å². The third kappa shape index (κ3) is 4.34. The number of amidine groups is 1. The van der Waals surface area contributed by atoms with Gasteiger partial charge in [0.05, 0.1) is 11.7 Å². The Morgan fingerprint density at radius 3 is 2.66 bits per heavy atom. The van der Waals surface area contributed by atoms with Crippen LogP contribution in [0.25, 0.3) is 10.9 Å². The molecule has 180 valence electrons. The van der Waals surface area contributed by atoms with Gasteiger partial charge in [0.25, 0.3) is 5.91 Å². The molecular weight excluding hydrogens is 448 g/mol. The standard InChI is InChI=1S/C25H26N6O4/c1-15-11-16(12-18-14-26-30-20(15)18)13-19(22(32)33)27-24(35)31-9-7-25(8-10-31)23(34)28-21(29-25)17-5-3-2-4-6-17/h2-6,11-12,14,19H,7-10,13H2,1H3,(H,26,30)(H,27,35)(H,32,33)(H,28,29,34). The number of aromatic amines is 1. The summed E-state index contributed by atoms with van der Waals surface area (Å²) >= 11 is 0. The van der Waals surface area contributed by atoms with Crippen LogP contribution in [0.2, 0.25) is 0 Å². The van der Waals surface area contributed by atoms with Gasteiger partial charge >= 0.3 is 12.0 Å². The largest absolute Gasteiger partial charge is 0.480 e. The van der Waals surface area contributed by atoms with Gasteiger partial charge in [0.1, 0.15) is 17.4 Å². The molecule has 2 aliphatic rings. The Balaban J connectivity index is 1.24. The maximum Gasteiger partial charge on any atom is 0.326 e. The lowest BCUT2D eigenvalue weighted by Crippen LogP contribution is -2.55. The highest BCUT2D eigenvalue weighted by Gasteiger charge is 2.46. The number of aliphatic imine (C=N–C) groups is 1. The summed E-state index contributed by atoms with van der Waals surface area (Å²) in [5.41, 5.74) is 2.60. The van der Waals surface area contributed by atoms with Gasteiger partial charge in [-0.1, -0.05) is 36.4 Å². The summed E-state index contributed by atoms with van der Waals surface area (Å²) in [6.07, 6.45) is 2.58. The number of fused-ring (bicyclic) bond motifs is 1. The fourth-order valence-electron chi connectivity index (χ4n) is 4.77. The summed E-state index contributed by atoms with van der Waals surface area (Å²) in [6.45, 7) is 2.53. The van der Waals surface area contributed by atoms with Crippen molar-refractivity contribution in [1.82, 2.24) is 25.7 Å². The molecule has 0 aliphatic carbocycles. The number of hydrogen-bond acceptors (Lipinski definition) is 5. The van der Waals surface area contributed by atoms with E-state index in [1.807, 2.05) is 49.4 Å². The third-order valence-electron chi connectivity index (χ3n) is 6.75. The zero-order valence-corrected chi connectivity index (χ0v) is 19.2. The Bertz CT molecular complexity index is 1320. The first-order chi connectivity index (χ1) is 16.8. The first kappa shape index (κ1) is 22.6. The number of aliphatic carboxylic acids is 1. The first-order valence-corrected chi connectivity index (χ1v) is 11.5. The van der Waals surface area contributed by atoms with Crippen molar-refractivity contribution in [2.75, 3.05) is 13.1 Å². The van der Waals surface area contributed by atoms with Crippen molar-refractivity contribution in [3.05, 3.63) is 65.4 Å². The van der Waals surface area contributed by atoms with E-state index < -0.39 is 23.6 Å². The molecule has 0 radical (unpaired) electrons. The molecule has 1 aromatic heterocycles. The molecule has 4 N–H and O–H groups in total. The number of urea groups is 1. The predicted molar refractivity (Wildman–Crippen MR) is 129 cm³/mol. The van der Waals surface area contributed by atoms with Crippen LogP contribution >= 0.6 is 0 Å². The quantitative estimate of drug-likeness (QED) is 0.448. The number of carbonyl (C=O) groups is 3. The van der Waals surface area contributed by atoms with E-state index in [0.29, 0.717) is 31.8 Å². The lowest BCUT2D eigenvalue weighted by Gasteiger charge is -2.36. The molecule has 35 heavy (non-hydrogen) atoms. The molecule has 0 saturated carbocycles. The average molecular weight is 475 g/mol. The van der Waals surface area contributed by atoms with Gasteiger partial charge in [-0.2, -0.15) is 5.10 Å². The molecule has 1 spiro atoms. The van der Waals surface area contributed by atoms with Gasteiger partial charge in [-0.05, 0) is 37.0 Å². The summed E-state index contributed by atoms with van der Waals surface area (Å²) in [5.74, 6) is -0.724. The highest BCUT2D eigenvalue weighted by Crippen LogP contribution is 2.31. The third-order valence-corrected chi connectivity index (χ3v) is 6.75. The Labute approximate surface area is 201 Å². The van der Waals surface area contributed by atoms with Crippen LogP contribution in [0.15, 0.2) is 53.7 Å². The smallest absolute Gasteiger partial charge is 0.326 e. The number of nitrogens with zero attached hydrogens (tertiary/aromatic N) is 3. The van der Waals surface area contributed by atoms with Gasteiger partial charge in [0, 0.05) is 30.5 Å². The fourth-order valence-corrected chi connectivity index (χ4v) is 4.77. The Morgan fingerprint density at radius 2 is 1.94 bits per heavy atom. The predicted octanol–water partition coefficient (Wildman–Crippen LogP) is 1.99. The first-order valence-electron chi connectivity index (χ1n) is 11.5. The molecule has 10 heteroatoms. The maximum absolute atomic E-state index is 12.9. The molecule has 3 amide bonds. The average Bonchev–Trinajstić information content (AvgIpc) is 3.45. The van der Waals surface area contributed by atoms with Crippen molar-refractivity contribution in [2.24, 2.45) is 4.99 Å². The number of H-pyrrole nitrogens is 1. The SMILES string of the molecule is Cc1cc(CC(NC(=O)N2CCC3(CC2)N=C(c2ccccc2)NC3=O)C(=O)O)cc2cn[nH]c12. The molecule has 1 saturated heterocycles. The molecule has 2 aromatic carbocycles. The van der Waals surface area contributed by atoms with Crippen LogP contribution < -0.4 is 10.6 Å². The van der Waals surface area contributed by atoms with Crippen LogP contribution in [0.5, 0.6) is 0 Å². The minimum absolute atomic E-state index is 0.147. The Kier molecular flexibility index (Phi) is 5.72. The number of nitrogens with one attached hydrogen (secondary N) is 3. The van der Waals surface area contributed by atoms with E-state index in [4.69, 9.17) is 4.99 Å². The zero-order chi connectivity index (χ0) is 24.6. The molecule has 10 nitrogen and oxygen atoms in total. The highest BCUT2D eigenvalue weighted by atomic mass is 16.4. The van der Waals surface area contributed by atoms with Crippen LogP contribution in [0.4, 0.5) is 4.79 Å². The number of likely N-dealkylation sites (tertiary alicyclic amines) is 1. The second-order valence-electron chi connectivity index (χ2n) is 9.09. The molecule has 1 unspecified atom stereocenters. The molecule has 0 bridgehead atoms. The number of carboxylic acid groups (broad SMARTS) is 1. The van der Waals surface area contributed by atoms with E-state index in [0.717, 1.165) is 27.6 Å². The number of hydrogen-bond donors (Lipinski definition) is 4. The van der Waals surface area contributed by atoms with Crippen molar-refractivity contribution < 1.29 is 19.5 Å². The summed E-state index contributed by atoms with van der Waals surface area (Å²) in [7, 11) is 0. The van der Waals surface area contributed by atoms with Crippen molar-refractivity contribution in [1.29, 1.82) is 0 Å². The normalized spacial score (nSPS) is 17.8. The summed E-state index contributed by atoms with van der Waals surface area (Å²) in [6, 6.07) is 11.7. The van der Waals surface area contributed by atoms with E-state index in [-0.39, 0.29) is 12.3 Å². The van der Waals surface area contributed by atoms with Crippen LogP contribution in [0.1, 0.15) is 29.5 Å². The number of rotatable bonds is 5. The number of piperidine rings is 1. The van der Waals surface area contributed by atoms with Gasteiger partial charge in [-0.15, -0.1) is 0 Å². The molecule has 1 fully saturated rings. The lowest BCUT2D eigenvalue weighted by atomic mass is 9.88. The topological polar surface area (TPSA) is 140 Å². The molecule has 3 aromatic rings. The van der Waals surface area contributed by atoms with E-state index in [1.54, 1.807) is 11.1 Å². The van der Waals surface area contributed by atoms with Crippen molar-refractivity contribution >= 4 is 34.6 Å². The lowest BCUT2D eigenvalue weighted by molar-refractivity contribution is -0.139. The molecule has 2 aliphatic heterocycles. The number of amides is 3. The van der Waals surface area contributed by atoms with Gasteiger partial charge < -0.3 is 20.6 Å². The van der Waals surface area contributed by atoms with Crippen LogP contribution in [0, 0.1) is 6.92 Å². The minimum atomic E-state index is -1.11. The van der Waals surface area contributed by atoms with Crippen LogP contribution in [-0.4, -0.2) is 68.6 Å². The number of benzene rings is 2. The highest BCUT2D eigenvalue weighted by molar-refractivity contribution is 6.15. The second-order valence-corrected chi connectivity index (χ2v) is 9.09. The van der Waals surface area contributed by atoms with Gasteiger partial charge in [-0.25, -0.2) is 9.59 Å². The maximum atomic E-state index is 12.9. The van der Waals surface area contributed by atoms with Gasteiger partial charge in [0.2, 0.25) is 0 Å². The number of aromatic nitrogens is 2. The van der Waals surface area contributed by atoms with E-state index >= 15 is 0 Å². The van der Waals surface area contributed by atoms with E-state index in [9.17, 15) is 19.5 Å². The minimum Gasteiger partial charge on any atom is -0.480 e. The summed E-state index contributed by atoms with van der Waals surface area (Å²) in [5, 5.41) is 23.1. The van der Waals surface area contributed by atoms with Gasteiger partial charge in [-0.3, -0.25) is 14.9 Å². The number of aryl methyl sites for hydroxylation is 1.